The number of rotatable bonds is 6. The van der Waals surface area contributed by atoms with Crippen molar-refractivity contribution in [3.05, 3.63) is 23.0 Å². The standard InChI is InChI=1S/C14H23N3S/c1-5-7-8-17(6-2)12-9-10(3)16-11(4)13(12)14(15)18/h9H,5-8H2,1-4H3,(H2,15,18). The van der Waals surface area contributed by atoms with Crippen LogP contribution in [0.3, 0.4) is 0 Å². The van der Waals surface area contributed by atoms with Crippen molar-refractivity contribution in [2.75, 3.05) is 18.0 Å². The van der Waals surface area contributed by atoms with E-state index in [9.17, 15) is 0 Å². The van der Waals surface area contributed by atoms with Crippen molar-refractivity contribution in [1.82, 2.24) is 4.98 Å². The molecular formula is C14H23N3S. The molecule has 2 N–H and O–H groups in total. The first-order chi connectivity index (χ1) is 8.51. The molecule has 1 heterocycles. The largest absolute Gasteiger partial charge is 0.389 e. The first-order valence-corrected chi connectivity index (χ1v) is 6.95. The fourth-order valence-electron chi connectivity index (χ4n) is 2.16. The predicted molar refractivity (Wildman–Crippen MR) is 82.4 cm³/mol. The number of pyridine rings is 1. The molecule has 0 atom stereocenters. The summed E-state index contributed by atoms with van der Waals surface area (Å²) in [7, 11) is 0. The van der Waals surface area contributed by atoms with Gasteiger partial charge in [0.25, 0.3) is 0 Å². The fraction of sp³-hybridized carbons (Fsp3) is 0.571. The van der Waals surface area contributed by atoms with Crippen molar-refractivity contribution in [1.29, 1.82) is 0 Å². The molecule has 3 nitrogen and oxygen atoms in total. The average molecular weight is 265 g/mol. The summed E-state index contributed by atoms with van der Waals surface area (Å²) in [5.74, 6) is 0. The molecule has 0 aliphatic rings. The number of nitrogens with two attached hydrogens (primary N) is 1. The summed E-state index contributed by atoms with van der Waals surface area (Å²) in [5.41, 5.74) is 9.84. The molecule has 0 amide bonds. The Bertz CT molecular complexity index is 429. The lowest BCUT2D eigenvalue weighted by molar-refractivity contribution is 0.730. The minimum absolute atomic E-state index is 0.435. The molecule has 0 radical (unpaired) electrons. The number of aryl methyl sites for hydroxylation is 2. The highest BCUT2D eigenvalue weighted by atomic mass is 32.1. The van der Waals surface area contributed by atoms with E-state index in [0.717, 1.165) is 35.7 Å². The highest BCUT2D eigenvalue weighted by Crippen LogP contribution is 2.24. The SMILES string of the molecule is CCCCN(CC)c1cc(C)nc(C)c1C(N)=S. The van der Waals surface area contributed by atoms with Crippen LogP contribution in [-0.4, -0.2) is 23.1 Å². The van der Waals surface area contributed by atoms with Crippen LogP contribution in [0.2, 0.25) is 0 Å². The second-order valence-electron chi connectivity index (χ2n) is 4.54. The number of anilines is 1. The van der Waals surface area contributed by atoms with E-state index in [4.69, 9.17) is 18.0 Å². The molecule has 1 aromatic heterocycles. The molecule has 100 valence electrons. The van der Waals surface area contributed by atoms with Gasteiger partial charge in [-0.1, -0.05) is 25.6 Å². The van der Waals surface area contributed by atoms with Crippen LogP contribution in [0.4, 0.5) is 5.69 Å². The smallest absolute Gasteiger partial charge is 0.107 e. The van der Waals surface area contributed by atoms with Crippen LogP contribution in [0.15, 0.2) is 6.07 Å². The van der Waals surface area contributed by atoms with Gasteiger partial charge >= 0.3 is 0 Å². The van der Waals surface area contributed by atoms with Gasteiger partial charge in [-0.05, 0) is 33.3 Å². The Morgan fingerprint density at radius 3 is 2.56 bits per heavy atom. The second-order valence-corrected chi connectivity index (χ2v) is 4.98. The van der Waals surface area contributed by atoms with Gasteiger partial charge in [-0.3, -0.25) is 4.98 Å². The van der Waals surface area contributed by atoms with Gasteiger partial charge in [0, 0.05) is 24.5 Å². The summed E-state index contributed by atoms with van der Waals surface area (Å²) < 4.78 is 0. The van der Waals surface area contributed by atoms with Crippen molar-refractivity contribution in [3.8, 4) is 0 Å². The van der Waals surface area contributed by atoms with Gasteiger partial charge in [0.15, 0.2) is 0 Å². The van der Waals surface area contributed by atoms with Crippen LogP contribution in [0.5, 0.6) is 0 Å². The van der Waals surface area contributed by atoms with E-state index in [2.05, 4.69) is 29.8 Å². The Morgan fingerprint density at radius 1 is 1.39 bits per heavy atom. The second kappa shape index (κ2) is 6.69. The summed E-state index contributed by atoms with van der Waals surface area (Å²) in [6, 6.07) is 2.08. The van der Waals surface area contributed by atoms with E-state index in [1.807, 2.05) is 13.8 Å². The molecule has 1 aromatic rings. The number of hydrogen-bond acceptors (Lipinski definition) is 3. The maximum atomic E-state index is 5.85. The minimum atomic E-state index is 0.435. The highest BCUT2D eigenvalue weighted by molar-refractivity contribution is 7.80. The number of unbranched alkanes of at least 4 members (excludes halogenated alkanes) is 1. The zero-order valence-electron chi connectivity index (χ0n) is 11.8. The van der Waals surface area contributed by atoms with Crippen LogP contribution in [0.25, 0.3) is 0 Å². The van der Waals surface area contributed by atoms with Gasteiger partial charge in [0.1, 0.15) is 4.99 Å². The molecule has 0 bridgehead atoms. The number of nitrogens with zero attached hydrogens (tertiary/aromatic N) is 2. The van der Waals surface area contributed by atoms with Crippen molar-refractivity contribution in [2.45, 2.75) is 40.5 Å². The van der Waals surface area contributed by atoms with Crippen LogP contribution in [0.1, 0.15) is 43.6 Å². The quantitative estimate of drug-likeness (QED) is 0.803. The van der Waals surface area contributed by atoms with E-state index in [-0.39, 0.29) is 0 Å². The lowest BCUT2D eigenvalue weighted by atomic mass is 10.1. The molecular weight excluding hydrogens is 242 g/mol. The molecule has 0 saturated carbocycles. The van der Waals surface area contributed by atoms with E-state index in [0.29, 0.717) is 4.99 Å². The topological polar surface area (TPSA) is 42.2 Å². The van der Waals surface area contributed by atoms with Crippen molar-refractivity contribution in [2.24, 2.45) is 5.73 Å². The lowest BCUT2D eigenvalue weighted by Crippen LogP contribution is -2.28. The predicted octanol–water partition coefficient (Wildman–Crippen LogP) is 2.96. The van der Waals surface area contributed by atoms with Gasteiger partial charge < -0.3 is 10.6 Å². The summed E-state index contributed by atoms with van der Waals surface area (Å²) in [5, 5.41) is 0. The van der Waals surface area contributed by atoms with Crippen molar-refractivity contribution < 1.29 is 0 Å². The normalized spacial score (nSPS) is 10.4. The van der Waals surface area contributed by atoms with Gasteiger partial charge in [0.05, 0.1) is 11.3 Å². The highest BCUT2D eigenvalue weighted by Gasteiger charge is 2.15. The summed E-state index contributed by atoms with van der Waals surface area (Å²) >= 11 is 5.17. The molecule has 18 heavy (non-hydrogen) atoms. The van der Waals surface area contributed by atoms with E-state index < -0.39 is 0 Å². The minimum Gasteiger partial charge on any atom is -0.389 e. The maximum absolute atomic E-state index is 5.85. The Morgan fingerprint density at radius 2 is 2.06 bits per heavy atom. The average Bonchev–Trinajstić information content (AvgIpc) is 2.28. The lowest BCUT2D eigenvalue weighted by Gasteiger charge is -2.26. The molecule has 0 unspecified atom stereocenters. The van der Waals surface area contributed by atoms with Crippen LogP contribution >= 0.6 is 12.2 Å². The van der Waals surface area contributed by atoms with Crippen molar-refractivity contribution >= 4 is 22.9 Å². The molecule has 0 fully saturated rings. The summed E-state index contributed by atoms with van der Waals surface area (Å²) in [6.45, 7) is 10.3. The summed E-state index contributed by atoms with van der Waals surface area (Å²) in [6.07, 6.45) is 2.35. The van der Waals surface area contributed by atoms with Gasteiger partial charge in [-0.25, -0.2) is 0 Å². The third-order valence-corrected chi connectivity index (χ3v) is 3.26. The number of thiocarbonyl (C=S) groups is 1. The van der Waals surface area contributed by atoms with Crippen LogP contribution in [-0.2, 0) is 0 Å². The first kappa shape index (κ1) is 14.9. The molecule has 1 rings (SSSR count). The Labute approximate surface area is 115 Å². The van der Waals surface area contributed by atoms with Crippen LogP contribution in [0, 0.1) is 13.8 Å². The fourth-order valence-corrected chi connectivity index (χ4v) is 2.41. The number of aromatic nitrogens is 1. The van der Waals surface area contributed by atoms with Crippen molar-refractivity contribution in [3.63, 3.8) is 0 Å². The molecule has 4 heteroatoms. The summed E-state index contributed by atoms with van der Waals surface area (Å²) in [4.78, 5) is 7.23. The third kappa shape index (κ3) is 3.42. The maximum Gasteiger partial charge on any atom is 0.107 e. The number of hydrogen-bond donors (Lipinski definition) is 1. The Kier molecular flexibility index (Phi) is 5.54. The van der Waals surface area contributed by atoms with Gasteiger partial charge in [-0.15, -0.1) is 0 Å². The monoisotopic (exact) mass is 265 g/mol. The first-order valence-electron chi connectivity index (χ1n) is 6.54. The van der Waals surface area contributed by atoms with Gasteiger partial charge in [0.2, 0.25) is 0 Å². The third-order valence-electron chi connectivity index (χ3n) is 3.06. The Hall–Kier alpha value is -1.16. The van der Waals surface area contributed by atoms with Crippen LogP contribution < -0.4 is 10.6 Å². The molecule has 0 spiro atoms. The molecule has 0 saturated heterocycles. The molecule has 0 aromatic carbocycles. The molecule has 0 aliphatic carbocycles. The zero-order valence-corrected chi connectivity index (χ0v) is 12.6. The zero-order chi connectivity index (χ0) is 13.7. The molecule has 0 aliphatic heterocycles. The van der Waals surface area contributed by atoms with E-state index in [1.165, 1.54) is 12.8 Å². The van der Waals surface area contributed by atoms with E-state index in [1.54, 1.807) is 0 Å². The van der Waals surface area contributed by atoms with E-state index >= 15 is 0 Å². The van der Waals surface area contributed by atoms with Gasteiger partial charge in [-0.2, -0.15) is 0 Å². The Balaban J connectivity index is 3.22.